The van der Waals surface area contributed by atoms with Gasteiger partial charge in [-0.3, -0.25) is 0 Å². The summed E-state index contributed by atoms with van der Waals surface area (Å²) < 4.78 is 17.5. The third-order valence-corrected chi connectivity index (χ3v) is 4.71. The van der Waals surface area contributed by atoms with Crippen molar-refractivity contribution < 1.29 is 51.5 Å². The summed E-state index contributed by atoms with van der Waals surface area (Å²) in [5, 5.41) is 0. The van der Waals surface area contributed by atoms with Gasteiger partial charge < -0.3 is 25.9 Å². The fourth-order valence-electron chi connectivity index (χ4n) is 2.46. The Morgan fingerprint density at radius 2 is 1.78 bits per heavy atom. The zero-order valence-corrected chi connectivity index (χ0v) is 20.4. The maximum atomic E-state index is 12.2. The van der Waals surface area contributed by atoms with Crippen LogP contribution in [0.3, 0.4) is 0 Å². The van der Waals surface area contributed by atoms with Gasteiger partial charge in [0.25, 0.3) is 0 Å². The molecule has 147 valence electrons. The van der Waals surface area contributed by atoms with Crippen molar-refractivity contribution in [2.75, 3.05) is 6.54 Å². The zero-order valence-electron chi connectivity index (χ0n) is 17.6. The molecule has 5 nitrogen and oxygen atoms in total. The monoisotopic (exact) mass is 448 g/mol. The molecule has 0 N–H and O–H groups in total. The largest absolute Gasteiger partial charge is 0.444 e. The third kappa shape index (κ3) is 6.28. The molecular formula is C20H30BNO4Y-2. The second-order valence-corrected chi connectivity index (χ2v) is 8.64. The van der Waals surface area contributed by atoms with Crippen molar-refractivity contribution in [1.82, 2.24) is 4.90 Å². The van der Waals surface area contributed by atoms with E-state index in [2.05, 4.69) is 13.0 Å². The molecular weight excluding hydrogens is 418 g/mol. The molecule has 0 bridgehead atoms. The second-order valence-electron chi connectivity index (χ2n) is 8.64. The zero-order chi connectivity index (χ0) is 19.8. The van der Waals surface area contributed by atoms with Gasteiger partial charge in [0.1, 0.15) is 5.60 Å². The van der Waals surface area contributed by atoms with Crippen LogP contribution in [0.2, 0.25) is 0 Å². The van der Waals surface area contributed by atoms with Gasteiger partial charge in [0.05, 0.1) is 11.2 Å². The summed E-state index contributed by atoms with van der Waals surface area (Å²) in [4.78, 5) is 13.8. The Morgan fingerprint density at radius 3 is 2.19 bits per heavy atom. The van der Waals surface area contributed by atoms with Crippen LogP contribution in [0, 0.1) is 13.0 Å². The second kappa shape index (κ2) is 8.94. The normalized spacial score (nSPS) is 18.0. The van der Waals surface area contributed by atoms with Crippen molar-refractivity contribution >= 4 is 18.7 Å². The maximum absolute atomic E-state index is 12.2. The summed E-state index contributed by atoms with van der Waals surface area (Å²) in [5.74, 6) is 0. The first-order chi connectivity index (χ1) is 11.8. The number of benzene rings is 1. The molecule has 0 aliphatic carbocycles. The van der Waals surface area contributed by atoms with Crippen LogP contribution < -0.4 is 5.46 Å². The predicted octanol–water partition coefficient (Wildman–Crippen LogP) is 3.35. The average molecular weight is 448 g/mol. The van der Waals surface area contributed by atoms with E-state index in [0.717, 1.165) is 11.0 Å². The van der Waals surface area contributed by atoms with Crippen LogP contribution in [0.5, 0.6) is 0 Å². The van der Waals surface area contributed by atoms with E-state index in [4.69, 9.17) is 14.0 Å². The molecule has 1 heterocycles. The number of ether oxygens (including phenoxy) is 1. The molecule has 27 heavy (non-hydrogen) atoms. The van der Waals surface area contributed by atoms with Crippen LogP contribution in [-0.4, -0.2) is 41.5 Å². The number of carbonyl (C=O) groups excluding carboxylic acids is 1. The Morgan fingerprint density at radius 1 is 1.22 bits per heavy atom. The molecule has 1 aromatic rings. The first-order valence-corrected chi connectivity index (χ1v) is 8.98. The van der Waals surface area contributed by atoms with Crippen molar-refractivity contribution in [2.45, 2.75) is 71.8 Å². The molecule has 1 amide bonds. The van der Waals surface area contributed by atoms with Crippen LogP contribution in [0.15, 0.2) is 18.2 Å². The molecule has 0 spiro atoms. The summed E-state index contributed by atoms with van der Waals surface area (Å²) in [6.45, 7) is 18.2. The number of nitrogens with zero attached hydrogens (tertiary/aromatic N) is 1. The van der Waals surface area contributed by atoms with Crippen LogP contribution in [-0.2, 0) is 53.3 Å². The van der Waals surface area contributed by atoms with Gasteiger partial charge in [-0.25, -0.2) is 4.79 Å². The van der Waals surface area contributed by atoms with Gasteiger partial charge in [0.2, 0.25) is 0 Å². The topological polar surface area (TPSA) is 48.0 Å². The van der Waals surface area contributed by atoms with Gasteiger partial charge in [0.15, 0.2) is 0 Å². The molecule has 1 saturated heterocycles. The van der Waals surface area contributed by atoms with Gasteiger partial charge in [-0.2, -0.15) is 24.3 Å². The van der Waals surface area contributed by atoms with E-state index in [0.29, 0.717) is 13.1 Å². The minimum Gasteiger partial charge on any atom is -0.444 e. The van der Waals surface area contributed by atoms with Gasteiger partial charge in [-0.15, -0.1) is 17.6 Å². The number of carbonyl (C=O) groups is 1. The van der Waals surface area contributed by atoms with E-state index in [-0.39, 0.29) is 50.0 Å². The van der Waals surface area contributed by atoms with Crippen LogP contribution in [0.1, 0.15) is 54.0 Å². The first-order valence-electron chi connectivity index (χ1n) is 8.98. The SMILES string of the molecule is [CH2-]CN(Cc1[c-]cc(B2OC(C)(C)C(C)(C)O2)cc1)C(=O)OC(C)(C)C.[Y]. The Bertz CT molecular complexity index is 624. The smallest absolute Gasteiger partial charge is 0.418 e. The van der Waals surface area contributed by atoms with E-state index in [9.17, 15) is 4.79 Å². The molecule has 0 aromatic heterocycles. The molecule has 0 saturated carbocycles. The minimum absolute atomic E-state index is 0. The standard InChI is InChI=1S/C20H30BNO4.Y/c1-9-22(17(23)24-18(2,3)4)14-15-10-12-16(13-11-15)21-25-19(5,6)20(7,8)26-21;/h10,12-13H,1,9,14H2,2-8H3;/q-2;. The van der Waals surface area contributed by atoms with Gasteiger partial charge in [-0.05, 0) is 48.5 Å². The molecule has 2 rings (SSSR count). The van der Waals surface area contributed by atoms with E-state index >= 15 is 0 Å². The number of amides is 1. The molecule has 1 aromatic carbocycles. The van der Waals surface area contributed by atoms with Crippen molar-refractivity contribution in [3.63, 3.8) is 0 Å². The minimum atomic E-state index is -0.533. The average Bonchev–Trinajstić information content (AvgIpc) is 2.71. The van der Waals surface area contributed by atoms with E-state index < -0.39 is 12.7 Å². The molecule has 7 heteroatoms. The van der Waals surface area contributed by atoms with Crippen molar-refractivity contribution in [3.05, 3.63) is 36.8 Å². The fourth-order valence-corrected chi connectivity index (χ4v) is 2.46. The fraction of sp³-hybridized carbons (Fsp3) is 0.600. The Balaban J connectivity index is 0.00000364. The van der Waals surface area contributed by atoms with Gasteiger partial charge in [-0.1, -0.05) is 0 Å². The first kappa shape index (κ1) is 24.6. The Kier molecular flexibility index (Phi) is 8.15. The van der Waals surface area contributed by atoms with Crippen LogP contribution in [0.4, 0.5) is 4.79 Å². The summed E-state index contributed by atoms with van der Waals surface area (Å²) >= 11 is 0. The van der Waals surface area contributed by atoms with Crippen LogP contribution >= 0.6 is 0 Å². The van der Waals surface area contributed by atoms with Crippen molar-refractivity contribution in [3.8, 4) is 0 Å². The Hall–Kier alpha value is -0.421. The predicted molar refractivity (Wildman–Crippen MR) is 103 cm³/mol. The molecule has 0 unspecified atom stereocenters. The molecule has 0 atom stereocenters. The Labute approximate surface area is 189 Å². The molecule has 1 fully saturated rings. The molecule has 1 aliphatic heterocycles. The number of hydrogen-bond donors (Lipinski definition) is 0. The summed E-state index contributed by atoms with van der Waals surface area (Å²) in [6, 6.07) is 8.94. The summed E-state index contributed by atoms with van der Waals surface area (Å²) in [6.07, 6.45) is -0.379. The third-order valence-electron chi connectivity index (χ3n) is 4.71. The molecule has 1 radical (unpaired) electrons. The van der Waals surface area contributed by atoms with Crippen LogP contribution in [0.25, 0.3) is 0 Å². The molecule has 1 aliphatic rings. The number of rotatable bonds is 4. The van der Waals surface area contributed by atoms with E-state index in [1.54, 1.807) is 4.90 Å². The maximum Gasteiger partial charge on any atom is 0.418 e. The quantitative estimate of drug-likeness (QED) is 0.524. The van der Waals surface area contributed by atoms with E-state index in [1.807, 2.05) is 66.7 Å². The summed E-state index contributed by atoms with van der Waals surface area (Å²) in [5.41, 5.74) is 0.496. The number of hydrogen-bond acceptors (Lipinski definition) is 4. The van der Waals surface area contributed by atoms with E-state index in [1.165, 1.54) is 0 Å². The van der Waals surface area contributed by atoms with Gasteiger partial charge >= 0.3 is 13.2 Å². The van der Waals surface area contributed by atoms with Crippen molar-refractivity contribution in [2.24, 2.45) is 0 Å². The summed E-state index contributed by atoms with van der Waals surface area (Å²) in [7, 11) is -0.417. The van der Waals surface area contributed by atoms with Gasteiger partial charge in [0, 0.05) is 39.3 Å². The van der Waals surface area contributed by atoms with Crippen molar-refractivity contribution in [1.29, 1.82) is 0 Å².